The van der Waals surface area contributed by atoms with E-state index in [0.29, 0.717) is 0 Å². The maximum Gasteiger partial charge on any atom is 0.191 e. The van der Waals surface area contributed by atoms with Crippen molar-refractivity contribution in [3.63, 3.8) is 0 Å². The summed E-state index contributed by atoms with van der Waals surface area (Å²) in [6.45, 7) is 6.89. The molecule has 0 saturated heterocycles. The van der Waals surface area contributed by atoms with Crippen LogP contribution >= 0.6 is 0 Å². The number of hydrogen-bond donors (Lipinski definition) is 2. The molecule has 0 bridgehead atoms. The van der Waals surface area contributed by atoms with Crippen molar-refractivity contribution in [3.05, 3.63) is 30.1 Å². The van der Waals surface area contributed by atoms with Crippen LogP contribution in [0, 0.1) is 0 Å². The molecule has 4 heteroatoms. The zero-order valence-corrected chi connectivity index (χ0v) is 11.4. The van der Waals surface area contributed by atoms with Gasteiger partial charge in [-0.25, -0.2) is 0 Å². The van der Waals surface area contributed by atoms with Crippen molar-refractivity contribution in [1.82, 2.24) is 15.6 Å². The fraction of sp³-hybridized carbons (Fsp3) is 0.571. The van der Waals surface area contributed by atoms with Gasteiger partial charge in [0, 0.05) is 37.9 Å². The van der Waals surface area contributed by atoms with E-state index in [1.165, 1.54) is 6.42 Å². The third-order valence-electron chi connectivity index (χ3n) is 2.53. The lowest BCUT2D eigenvalue weighted by molar-refractivity contribution is 0.762. The zero-order chi connectivity index (χ0) is 13.1. The van der Waals surface area contributed by atoms with Crippen molar-refractivity contribution in [1.29, 1.82) is 0 Å². The Bertz CT molecular complexity index is 335. The van der Waals surface area contributed by atoms with Crippen molar-refractivity contribution in [3.8, 4) is 0 Å². The normalized spacial score (nSPS) is 11.3. The van der Waals surface area contributed by atoms with Gasteiger partial charge in [0.05, 0.1) is 0 Å². The third kappa shape index (κ3) is 6.23. The molecule has 2 N–H and O–H groups in total. The second-order valence-corrected chi connectivity index (χ2v) is 4.11. The SMILES string of the molecule is CCCCN=C(NCC)NCCc1ccccn1. The van der Waals surface area contributed by atoms with Gasteiger partial charge in [0.15, 0.2) is 5.96 Å². The van der Waals surface area contributed by atoms with Gasteiger partial charge in [0.2, 0.25) is 0 Å². The molecule has 1 rings (SSSR count). The number of pyridine rings is 1. The summed E-state index contributed by atoms with van der Waals surface area (Å²) in [5.41, 5.74) is 1.11. The highest BCUT2D eigenvalue weighted by Gasteiger charge is 1.97. The predicted octanol–water partition coefficient (Wildman–Crippen LogP) is 1.98. The molecule has 0 aliphatic heterocycles. The van der Waals surface area contributed by atoms with Crippen LogP contribution < -0.4 is 10.6 Å². The fourth-order valence-corrected chi connectivity index (χ4v) is 1.55. The van der Waals surface area contributed by atoms with Crippen LogP contribution in [0.15, 0.2) is 29.4 Å². The van der Waals surface area contributed by atoms with Crippen molar-refractivity contribution in [2.24, 2.45) is 4.99 Å². The Kier molecular flexibility index (Phi) is 7.60. The number of nitrogens with zero attached hydrogens (tertiary/aromatic N) is 2. The molecule has 0 aromatic carbocycles. The van der Waals surface area contributed by atoms with E-state index in [1.807, 2.05) is 24.4 Å². The number of aromatic nitrogens is 1. The minimum atomic E-state index is 0.856. The van der Waals surface area contributed by atoms with E-state index in [9.17, 15) is 0 Å². The summed E-state index contributed by atoms with van der Waals surface area (Å²) >= 11 is 0. The highest BCUT2D eigenvalue weighted by molar-refractivity contribution is 5.79. The lowest BCUT2D eigenvalue weighted by Crippen LogP contribution is -2.38. The second-order valence-electron chi connectivity index (χ2n) is 4.11. The smallest absolute Gasteiger partial charge is 0.191 e. The van der Waals surface area contributed by atoms with Crippen LogP contribution in [0.4, 0.5) is 0 Å². The molecular weight excluding hydrogens is 224 g/mol. The Morgan fingerprint density at radius 2 is 2.17 bits per heavy atom. The van der Waals surface area contributed by atoms with Gasteiger partial charge < -0.3 is 10.6 Å². The van der Waals surface area contributed by atoms with E-state index in [-0.39, 0.29) is 0 Å². The van der Waals surface area contributed by atoms with Crippen molar-refractivity contribution >= 4 is 5.96 Å². The molecule has 0 atom stereocenters. The largest absolute Gasteiger partial charge is 0.357 e. The minimum absolute atomic E-state index is 0.856. The molecule has 1 aromatic rings. The Hall–Kier alpha value is -1.58. The molecule has 18 heavy (non-hydrogen) atoms. The van der Waals surface area contributed by atoms with E-state index in [2.05, 4.69) is 34.5 Å². The van der Waals surface area contributed by atoms with Crippen molar-refractivity contribution in [2.45, 2.75) is 33.1 Å². The molecule has 100 valence electrons. The van der Waals surface area contributed by atoms with Crippen LogP contribution in [-0.4, -0.2) is 30.6 Å². The summed E-state index contributed by atoms with van der Waals surface area (Å²) in [7, 11) is 0. The monoisotopic (exact) mass is 248 g/mol. The highest BCUT2D eigenvalue weighted by Crippen LogP contribution is 1.93. The molecule has 0 aliphatic rings. The zero-order valence-electron chi connectivity index (χ0n) is 11.4. The van der Waals surface area contributed by atoms with Crippen molar-refractivity contribution < 1.29 is 0 Å². The molecule has 1 aromatic heterocycles. The second kappa shape index (κ2) is 9.45. The molecule has 0 radical (unpaired) electrons. The van der Waals surface area contributed by atoms with E-state index in [4.69, 9.17) is 0 Å². The maximum atomic E-state index is 4.51. The van der Waals surface area contributed by atoms with Crippen LogP contribution in [0.25, 0.3) is 0 Å². The molecule has 4 nitrogen and oxygen atoms in total. The Morgan fingerprint density at radius 3 is 2.83 bits per heavy atom. The summed E-state index contributed by atoms with van der Waals surface area (Å²) < 4.78 is 0. The average Bonchev–Trinajstić information content (AvgIpc) is 2.40. The molecule has 0 spiro atoms. The summed E-state index contributed by atoms with van der Waals surface area (Å²) in [5, 5.41) is 6.57. The molecular formula is C14H24N4. The van der Waals surface area contributed by atoms with E-state index in [1.54, 1.807) is 0 Å². The number of hydrogen-bond acceptors (Lipinski definition) is 2. The lowest BCUT2D eigenvalue weighted by Gasteiger charge is -2.10. The van der Waals surface area contributed by atoms with E-state index < -0.39 is 0 Å². The number of aliphatic imine (C=N–C) groups is 1. The minimum Gasteiger partial charge on any atom is -0.357 e. The maximum absolute atomic E-state index is 4.51. The average molecular weight is 248 g/mol. The summed E-state index contributed by atoms with van der Waals surface area (Å²) in [6, 6.07) is 6.00. The van der Waals surface area contributed by atoms with Gasteiger partial charge in [-0.15, -0.1) is 0 Å². The van der Waals surface area contributed by atoms with E-state index in [0.717, 1.165) is 44.1 Å². The number of rotatable bonds is 7. The van der Waals surface area contributed by atoms with Gasteiger partial charge in [-0.05, 0) is 25.5 Å². The van der Waals surface area contributed by atoms with Gasteiger partial charge in [-0.3, -0.25) is 9.98 Å². The van der Waals surface area contributed by atoms with E-state index >= 15 is 0 Å². The first kappa shape index (κ1) is 14.5. The first-order valence-electron chi connectivity index (χ1n) is 6.79. The molecule has 1 heterocycles. The van der Waals surface area contributed by atoms with Crippen LogP contribution in [0.5, 0.6) is 0 Å². The van der Waals surface area contributed by atoms with Crippen molar-refractivity contribution in [2.75, 3.05) is 19.6 Å². The van der Waals surface area contributed by atoms with Crippen LogP contribution in [0.2, 0.25) is 0 Å². The molecule has 0 amide bonds. The fourth-order valence-electron chi connectivity index (χ4n) is 1.55. The number of unbranched alkanes of at least 4 members (excludes halogenated alkanes) is 1. The van der Waals surface area contributed by atoms with Gasteiger partial charge in [0.1, 0.15) is 0 Å². The lowest BCUT2D eigenvalue weighted by atomic mass is 10.3. The van der Waals surface area contributed by atoms with Gasteiger partial charge in [0.25, 0.3) is 0 Å². The first-order valence-corrected chi connectivity index (χ1v) is 6.79. The molecule has 0 fully saturated rings. The topological polar surface area (TPSA) is 49.3 Å². The summed E-state index contributed by atoms with van der Waals surface area (Å²) in [6.07, 6.45) is 5.06. The molecule has 0 saturated carbocycles. The first-order chi connectivity index (χ1) is 8.86. The Labute approximate surface area is 110 Å². The number of nitrogens with one attached hydrogen (secondary N) is 2. The standard InChI is InChI=1S/C14H24N4/c1-3-5-10-17-14(15-4-2)18-12-9-13-8-6-7-11-16-13/h6-8,11H,3-5,9-10,12H2,1-2H3,(H2,15,17,18). The van der Waals surface area contributed by atoms with Crippen LogP contribution in [0.1, 0.15) is 32.4 Å². The predicted molar refractivity (Wildman–Crippen MR) is 76.8 cm³/mol. The van der Waals surface area contributed by atoms with Crippen LogP contribution in [0.3, 0.4) is 0 Å². The summed E-state index contributed by atoms with van der Waals surface area (Å²) in [5.74, 6) is 0.905. The van der Waals surface area contributed by atoms with Gasteiger partial charge in [-0.1, -0.05) is 19.4 Å². The molecule has 0 aliphatic carbocycles. The Balaban J connectivity index is 2.31. The highest BCUT2D eigenvalue weighted by atomic mass is 15.2. The van der Waals surface area contributed by atoms with Crippen LogP contribution in [-0.2, 0) is 6.42 Å². The molecule has 0 unspecified atom stereocenters. The number of guanidine groups is 1. The Morgan fingerprint density at radius 1 is 1.28 bits per heavy atom. The van der Waals surface area contributed by atoms with Gasteiger partial charge >= 0.3 is 0 Å². The summed E-state index contributed by atoms with van der Waals surface area (Å²) in [4.78, 5) is 8.81. The quantitative estimate of drug-likeness (QED) is 0.441. The van der Waals surface area contributed by atoms with Gasteiger partial charge in [-0.2, -0.15) is 0 Å². The third-order valence-corrected chi connectivity index (χ3v) is 2.53.